The Hall–Kier alpha value is -3.22. The zero-order chi connectivity index (χ0) is 22.9. The van der Waals surface area contributed by atoms with E-state index in [1.54, 1.807) is 12.0 Å². The number of carbonyl (C=O) groups excluding carboxylic acids is 1. The molecule has 0 radical (unpaired) electrons. The average molecular weight is 437 g/mol. The molecule has 1 atom stereocenters. The van der Waals surface area contributed by atoms with Crippen molar-refractivity contribution in [3.05, 3.63) is 54.1 Å². The first kappa shape index (κ1) is 22.0. The number of rotatable bonds is 4. The van der Waals surface area contributed by atoms with Gasteiger partial charge in [-0.05, 0) is 57.5 Å². The van der Waals surface area contributed by atoms with Crippen LogP contribution in [0.25, 0.3) is 11.0 Å². The molecular weight excluding hydrogens is 404 g/mol. The minimum absolute atomic E-state index is 0.114. The van der Waals surface area contributed by atoms with Crippen LogP contribution in [0.5, 0.6) is 5.75 Å². The second-order valence-electron chi connectivity index (χ2n) is 9.30. The Morgan fingerprint density at radius 1 is 1.09 bits per heavy atom. The summed E-state index contributed by atoms with van der Waals surface area (Å²) in [7, 11) is 1.68. The Morgan fingerprint density at radius 3 is 2.47 bits per heavy atom. The Morgan fingerprint density at radius 2 is 1.81 bits per heavy atom. The summed E-state index contributed by atoms with van der Waals surface area (Å²) in [5.41, 5.74) is 2.75. The van der Waals surface area contributed by atoms with Crippen molar-refractivity contribution in [1.29, 1.82) is 0 Å². The zero-order valence-electron chi connectivity index (χ0n) is 19.5. The minimum Gasteiger partial charge on any atom is -0.497 e. The summed E-state index contributed by atoms with van der Waals surface area (Å²) in [6, 6.07) is 16.5. The maximum absolute atomic E-state index is 12.6. The lowest BCUT2D eigenvalue weighted by Gasteiger charge is -2.40. The quantitative estimate of drug-likeness (QED) is 0.601. The van der Waals surface area contributed by atoms with E-state index in [0.717, 1.165) is 22.7 Å². The molecule has 0 saturated carbocycles. The molecule has 1 amide bonds. The van der Waals surface area contributed by atoms with E-state index in [4.69, 9.17) is 14.5 Å². The minimum atomic E-state index is -0.496. The molecule has 0 aliphatic carbocycles. The normalized spacial score (nSPS) is 17.0. The summed E-state index contributed by atoms with van der Waals surface area (Å²) in [6.07, 6.45) is -0.254. The Bertz CT molecular complexity index is 1080. The highest BCUT2D eigenvalue weighted by atomic mass is 16.6. The molecule has 0 bridgehead atoms. The Balaban J connectivity index is 1.60. The molecule has 7 heteroatoms. The number of carbonyl (C=O) groups is 1. The molecule has 0 unspecified atom stereocenters. The molecule has 0 spiro atoms. The number of aromatic nitrogens is 2. The van der Waals surface area contributed by atoms with Gasteiger partial charge < -0.3 is 23.8 Å². The van der Waals surface area contributed by atoms with Gasteiger partial charge >= 0.3 is 6.09 Å². The number of hydrogen-bond acceptors (Lipinski definition) is 5. The first-order valence-corrected chi connectivity index (χ1v) is 11.1. The molecule has 1 aliphatic heterocycles. The molecule has 1 aromatic heterocycles. The predicted octanol–water partition coefficient (Wildman–Crippen LogP) is 4.54. The van der Waals surface area contributed by atoms with Crippen LogP contribution in [0.4, 0.5) is 10.7 Å². The van der Waals surface area contributed by atoms with E-state index in [-0.39, 0.29) is 12.1 Å². The van der Waals surface area contributed by atoms with Gasteiger partial charge in [-0.25, -0.2) is 9.78 Å². The molecule has 4 rings (SSSR count). The SMILES string of the molecule is COc1ccc(Cn2c(N3CCN(C(=O)OC(C)(C)C)C[C@H]3C)nc3ccccc32)cc1. The number of imidazole rings is 1. The number of methoxy groups -OCH3 is 1. The lowest BCUT2D eigenvalue weighted by atomic mass is 10.2. The highest BCUT2D eigenvalue weighted by Gasteiger charge is 2.32. The number of fused-ring (bicyclic) bond motifs is 1. The largest absolute Gasteiger partial charge is 0.497 e. The average Bonchev–Trinajstić information content (AvgIpc) is 3.11. The third-order valence-electron chi connectivity index (χ3n) is 5.67. The van der Waals surface area contributed by atoms with Crippen LogP contribution in [-0.4, -0.2) is 58.9 Å². The number of piperazine rings is 1. The first-order chi connectivity index (χ1) is 15.2. The first-order valence-electron chi connectivity index (χ1n) is 11.1. The summed E-state index contributed by atoms with van der Waals surface area (Å²) < 4.78 is 13.1. The topological polar surface area (TPSA) is 59.8 Å². The van der Waals surface area contributed by atoms with Gasteiger partial charge in [0.1, 0.15) is 11.4 Å². The lowest BCUT2D eigenvalue weighted by molar-refractivity contribution is 0.0218. The fourth-order valence-electron chi connectivity index (χ4n) is 4.10. The van der Waals surface area contributed by atoms with Crippen molar-refractivity contribution >= 4 is 23.1 Å². The summed E-state index contributed by atoms with van der Waals surface area (Å²) in [6.45, 7) is 10.4. The van der Waals surface area contributed by atoms with E-state index in [2.05, 4.69) is 34.6 Å². The number of ether oxygens (including phenoxy) is 2. The van der Waals surface area contributed by atoms with E-state index in [1.165, 1.54) is 5.56 Å². The van der Waals surface area contributed by atoms with Crippen LogP contribution < -0.4 is 9.64 Å². The molecule has 32 heavy (non-hydrogen) atoms. The molecule has 2 heterocycles. The maximum atomic E-state index is 12.6. The number of nitrogens with zero attached hydrogens (tertiary/aromatic N) is 4. The van der Waals surface area contributed by atoms with Crippen LogP contribution >= 0.6 is 0 Å². The van der Waals surface area contributed by atoms with Gasteiger partial charge in [0, 0.05) is 25.7 Å². The van der Waals surface area contributed by atoms with E-state index in [0.29, 0.717) is 26.2 Å². The summed E-state index contributed by atoms with van der Waals surface area (Å²) in [5, 5.41) is 0. The molecule has 0 N–H and O–H groups in total. The highest BCUT2D eigenvalue weighted by molar-refractivity contribution is 5.79. The monoisotopic (exact) mass is 436 g/mol. The molecule has 3 aromatic rings. The highest BCUT2D eigenvalue weighted by Crippen LogP contribution is 2.28. The lowest BCUT2D eigenvalue weighted by Crippen LogP contribution is -2.55. The zero-order valence-corrected chi connectivity index (χ0v) is 19.5. The second kappa shape index (κ2) is 8.73. The van der Waals surface area contributed by atoms with Gasteiger partial charge in [0.25, 0.3) is 0 Å². The van der Waals surface area contributed by atoms with Crippen molar-refractivity contribution in [2.45, 2.75) is 45.9 Å². The van der Waals surface area contributed by atoms with Crippen LogP contribution in [0, 0.1) is 0 Å². The van der Waals surface area contributed by atoms with Crippen LogP contribution in [-0.2, 0) is 11.3 Å². The van der Waals surface area contributed by atoms with E-state index in [1.807, 2.05) is 51.1 Å². The smallest absolute Gasteiger partial charge is 0.410 e. The van der Waals surface area contributed by atoms with Gasteiger partial charge in [0.2, 0.25) is 5.95 Å². The number of amides is 1. The van der Waals surface area contributed by atoms with Crippen molar-refractivity contribution in [2.24, 2.45) is 0 Å². The van der Waals surface area contributed by atoms with Crippen LogP contribution in [0.15, 0.2) is 48.5 Å². The van der Waals surface area contributed by atoms with Crippen molar-refractivity contribution in [3.8, 4) is 5.75 Å². The molecule has 2 aromatic carbocycles. The Kier molecular flexibility index (Phi) is 6.00. The van der Waals surface area contributed by atoms with E-state index in [9.17, 15) is 4.79 Å². The summed E-state index contributed by atoms with van der Waals surface area (Å²) in [4.78, 5) is 21.6. The van der Waals surface area contributed by atoms with E-state index < -0.39 is 5.60 Å². The molecule has 1 saturated heterocycles. The summed E-state index contributed by atoms with van der Waals surface area (Å²) >= 11 is 0. The van der Waals surface area contributed by atoms with Crippen LogP contribution in [0.2, 0.25) is 0 Å². The van der Waals surface area contributed by atoms with Crippen molar-refractivity contribution < 1.29 is 14.3 Å². The summed E-state index contributed by atoms with van der Waals surface area (Å²) in [5.74, 6) is 1.77. The molecular formula is C25H32N4O3. The van der Waals surface area contributed by atoms with Crippen molar-refractivity contribution in [2.75, 3.05) is 31.6 Å². The number of hydrogen-bond donors (Lipinski definition) is 0. The Labute approximate surface area is 189 Å². The number of anilines is 1. The van der Waals surface area contributed by atoms with Gasteiger partial charge in [0.05, 0.1) is 24.7 Å². The molecule has 7 nitrogen and oxygen atoms in total. The van der Waals surface area contributed by atoms with Gasteiger partial charge in [0.15, 0.2) is 0 Å². The maximum Gasteiger partial charge on any atom is 0.410 e. The number of benzene rings is 2. The van der Waals surface area contributed by atoms with Crippen LogP contribution in [0.1, 0.15) is 33.3 Å². The molecule has 1 aliphatic rings. The fourth-order valence-corrected chi connectivity index (χ4v) is 4.10. The predicted molar refractivity (Wildman–Crippen MR) is 126 cm³/mol. The van der Waals surface area contributed by atoms with Crippen LogP contribution in [0.3, 0.4) is 0 Å². The van der Waals surface area contributed by atoms with Crippen molar-refractivity contribution in [3.63, 3.8) is 0 Å². The van der Waals surface area contributed by atoms with Gasteiger partial charge in [-0.2, -0.15) is 0 Å². The fraction of sp³-hybridized carbons (Fsp3) is 0.440. The standard InChI is InChI=1S/C25H32N4O3/c1-18-16-27(24(30)32-25(2,3)4)14-15-28(18)23-26-21-8-6-7-9-22(21)29(23)17-19-10-12-20(31-5)13-11-19/h6-13,18H,14-17H2,1-5H3/t18-/m1/s1. The van der Waals surface area contributed by atoms with E-state index >= 15 is 0 Å². The third-order valence-corrected chi connectivity index (χ3v) is 5.67. The van der Waals surface area contributed by atoms with Gasteiger partial charge in [-0.3, -0.25) is 0 Å². The van der Waals surface area contributed by atoms with Gasteiger partial charge in [-0.1, -0.05) is 24.3 Å². The van der Waals surface area contributed by atoms with Crippen molar-refractivity contribution in [1.82, 2.24) is 14.5 Å². The number of para-hydroxylation sites is 2. The van der Waals surface area contributed by atoms with Gasteiger partial charge in [-0.15, -0.1) is 0 Å². The molecule has 170 valence electrons. The second-order valence-corrected chi connectivity index (χ2v) is 9.30. The molecule has 1 fully saturated rings. The third kappa shape index (κ3) is 4.66.